The lowest BCUT2D eigenvalue weighted by Gasteiger charge is -2.21. The molecule has 1 aromatic rings. The minimum atomic E-state index is -3.60. The summed E-state index contributed by atoms with van der Waals surface area (Å²) in [7, 11) is -2.08. The molecule has 20 heavy (non-hydrogen) atoms. The lowest BCUT2D eigenvalue weighted by atomic mass is 10.1. The number of likely N-dealkylation sites (N-methyl/N-ethyl adjacent to an activating group) is 1. The summed E-state index contributed by atoms with van der Waals surface area (Å²) in [6.45, 7) is 5.84. The van der Waals surface area contributed by atoms with Gasteiger partial charge in [0.25, 0.3) is 0 Å². The first-order chi connectivity index (χ1) is 9.51. The molecule has 0 amide bonds. The van der Waals surface area contributed by atoms with Crippen molar-refractivity contribution >= 4 is 10.0 Å². The lowest BCUT2D eigenvalue weighted by Crippen LogP contribution is -2.31. The highest BCUT2D eigenvalue weighted by Gasteiger charge is 2.25. The maximum Gasteiger partial charge on any atom is 0.243 e. The maximum atomic E-state index is 12.6. The van der Waals surface area contributed by atoms with Crippen LogP contribution in [0.4, 0.5) is 0 Å². The van der Waals surface area contributed by atoms with Gasteiger partial charge in [-0.15, -0.1) is 6.58 Å². The summed E-state index contributed by atoms with van der Waals surface area (Å²) < 4.78 is 31.6. The molecule has 5 nitrogen and oxygen atoms in total. The van der Waals surface area contributed by atoms with Crippen molar-refractivity contribution in [3.05, 3.63) is 36.4 Å². The van der Waals surface area contributed by atoms with E-state index in [-0.39, 0.29) is 24.5 Å². The van der Waals surface area contributed by atoms with E-state index in [1.54, 1.807) is 25.1 Å². The molecule has 1 aromatic carbocycles. The highest BCUT2D eigenvalue weighted by Crippen LogP contribution is 2.25. The summed E-state index contributed by atoms with van der Waals surface area (Å²) in [6, 6.07) is 4.77. The number of aliphatic hydroxyl groups excluding tert-OH is 1. The Morgan fingerprint density at radius 3 is 2.65 bits per heavy atom. The summed E-state index contributed by atoms with van der Waals surface area (Å²) in [6.07, 6.45) is 1.81. The third kappa shape index (κ3) is 3.59. The number of methoxy groups -OCH3 is 1. The first-order valence-corrected chi connectivity index (χ1v) is 7.84. The van der Waals surface area contributed by atoms with Gasteiger partial charge in [0.2, 0.25) is 10.0 Å². The summed E-state index contributed by atoms with van der Waals surface area (Å²) in [5.41, 5.74) is 0.550. The highest BCUT2D eigenvalue weighted by molar-refractivity contribution is 7.89. The minimum Gasteiger partial charge on any atom is -0.497 e. The van der Waals surface area contributed by atoms with E-state index in [2.05, 4.69) is 6.58 Å². The number of ether oxygens (including phenoxy) is 1. The lowest BCUT2D eigenvalue weighted by molar-refractivity contribution is 0.298. The number of nitrogens with zero attached hydrogens (tertiary/aromatic N) is 1. The molecule has 0 saturated heterocycles. The number of hydrogen-bond donors (Lipinski definition) is 1. The van der Waals surface area contributed by atoms with Crippen molar-refractivity contribution in [1.29, 1.82) is 0 Å². The average molecular weight is 299 g/mol. The first-order valence-electron chi connectivity index (χ1n) is 6.40. The molecule has 112 valence electrons. The number of aliphatic hydroxyl groups is 1. The number of rotatable bonds is 8. The van der Waals surface area contributed by atoms with E-state index in [1.165, 1.54) is 17.5 Å². The van der Waals surface area contributed by atoms with Crippen molar-refractivity contribution in [3.8, 4) is 5.75 Å². The van der Waals surface area contributed by atoms with Crippen molar-refractivity contribution in [2.75, 3.05) is 26.8 Å². The van der Waals surface area contributed by atoms with Gasteiger partial charge in [0, 0.05) is 19.7 Å². The Morgan fingerprint density at radius 2 is 2.15 bits per heavy atom. The van der Waals surface area contributed by atoms with Crippen LogP contribution in [0.1, 0.15) is 12.5 Å². The van der Waals surface area contributed by atoms with Crippen LogP contribution in [-0.2, 0) is 16.4 Å². The molecule has 1 N–H and O–H groups in total. The van der Waals surface area contributed by atoms with E-state index in [4.69, 9.17) is 9.84 Å². The van der Waals surface area contributed by atoms with Gasteiger partial charge in [-0.1, -0.05) is 13.0 Å². The van der Waals surface area contributed by atoms with Crippen LogP contribution in [0.25, 0.3) is 0 Å². The molecule has 0 bridgehead atoms. The first kappa shape index (κ1) is 16.7. The molecule has 0 spiro atoms. The third-order valence-electron chi connectivity index (χ3n) is 2.95. The van der Waals surface area contributed by atoms with E-state index in [0.717, 1.165) is 0 Å². The molecule has 0 aliphatic heterocycles. The smallest absolute Gasteiger partial charge is 0.243 e. The van der Waals surface area contributed by atoms with Crippen molar-refractivity contribution in [2.45, 2.75) is 18.2 Å². The Hall–Kier alpha value is -1.37. The Morgan fingerprint density at radius 1 is 1.45 bits per heavy atom. The largest absolute Gasteiger partial charge is 0.497 e. The average Bonchev–Trinajstić information content (AvgIpc) is 2.44. The van der Waals surface area contributed by atoms with Crippen LogP contribution < -0.4 is 4.74 Å². The van der Waals surface area contributed by atoms with Crippen LogP contribution in [-0.4, -0.2) is 44.6 Å². The van der Waals surface area contributed by atoms with Crippen molar-refractivity contribution in [1.82, 2.24) is 4.31 Å². The van der Waals surface area contributed by atoms with Crippen molar-refractivity contribution in [2.24, 2.45) is 0 Å². The molecule has 0 fully saturated rings. The van der Waals surface area contributed by atoms with E-state index in [1.807, 2.05) is 0 Å². The minimum absolute atomic E-state index is 0.122. The molecule has 0 radical (unpaired) electrons. The van der Waals surface area contributed by atoms with Gasteiger partial charge >= 0.3 is 0 Å². The van der Waals surface area contributed by atoms with Crippen LogP contribution in [0.5, 0.6) is 5.75 Å². The molecular formula is C14H21NO4S. The molecule has 6 heteroatoms. The van der Waals surface area contributed by atoms with E-state index < -0.39 is 10.0 Å². The van der Waals surface area contributed by atoms with E-state index in [0.29, 0.717) is 17.9 Å². The fourth-order valence-electron chi connectivity index (χ4n) is 1.93. The van der Waals surface area contributed by atoms with Gasteiger partial charge in [-0.2, -0.15) is 4.31 Å². The third-order valence-corrected chi connectivity index (χ3v) is 4.99. The van der Waals surface area contributed by atoms with Gasteiger partial charge in [-0.3, -0.25) is 0 Å². The molecule has 0 saturated carbocycles. The molecule has 1 rings (SSSR count). The molecule has 0 aliphatic carbocycles. The fraction of sp³-hybridized carbons (Fsp3) is 0.429. The summed E-state index contributed by atoms with van der Waals surface area (Å²) in [4.78, 5) is 0.205. The fourth-order valence-corrected chi connectivity index (χ4v) is 3.58. The molecule has 0 heterocycles. The summed E-state index contributed by atoms with van der Waals surface area (Å²) in [5, 5.41) is 9.11. The second-order valence-corrected chi connectivity index (χ2v) is 6.10. The monoisotopic (exact) mass is 299 g/mol. The van der Waals surface area contributed by atoms with Crippen LogP contribution in [0.3, 0.4) is 0 Å². The summed E-state index contributed by atoms with van der Waals surface area (Å²) >= 11 is 0. The number of benzene rings is 1. The number of sulfonamides is 1. The van der Waals surface area contributed by atoms with Crippen LogP contribution in [0, 0.1) is 0 Å². The Bertz CT molecular complexity index is 554. The zero-order chi connectivity index (χ0) is 15.2. The zero-order valence-corrected chi connectivity index (χ0v) is 12.7. The predicted octanol–water partition coefficient (Wildman–Crippen LogP) is 1.43. The molecule has 0 aromatic heterocycles. The standard InChI is InChI=1S/C14H21NO4S/c1-4-9-15(5-2)20(17,18)14-7-6-13(19-3)11-12(14)8-10-16/h4,6-7,11,16H,1,5,8-10H2,2-3H3. The maximum absolute atomic E-state index is 12.6. The van der Waals surface area contributed by atoms with Gasteiger partial charge in [0.05, 0.1) is 12.0 Å². The van der Waals surface area contributed by atoms with Gasteiger partial charge < -0.3 is 9.84 Å². The van der Waals surface area contributed by atoms with Gasteiger partial charge in [-0.25, -0.2) is 8.42 Å². The van der Waals surface area contributed by atoms with Gasteiger partial charge in [0.1, 0.15) is 5.75 Å². The van der Waals surface area contributed by atoms with Crippen molar-refractivity contribution in [3.63, 3.8) is 0 Å². The highest BCUT2D eigenvalue weighted by atomic mass is 32.2. The zero-order valence-electron chi connectivity index (χ0n) is 11.9. The van der Waals surface area contributed by atoms with E-state index in [9.17, 15) is 8.42 Å². The van der Waals surface area contributed by atoms with Crippen LogP contribution in [0.2, 0.25) is 0 Å². The van der Waals surface area contributed by atoms with Gasteiger partial charge in [0.15, 0.2) is 0 Å². The molecule has 0 unspecified atom stereocenters. The second-order valence-electron chi connectivity index (χ2n) is 4.19. The summed E-state index contributed by atoms with van der Waals surface area (Å²) in [5.74, 6) is 0.569. The Balaban J connectivity index is 3.32. The van der Waals surface area contributed by atoms with Crippen LogP contribution >= 0.6 is 0 Å². The second kappa shape index (κ2) is 7.42. The Labute approximate surface area is 120 Å². The predicted molar refractivity (Wildman–Crippen MR) is 78.4 cm³/mol. The van der Waals surface area contributed by atoms with E-state index >= 15 is 0 Å². The SMILES string of the molecule is C=CCN(CC)S(=O)(=O)c1ccc(OC)cc1CCO. The molecule has 0 atom stereocenters. The quantitative estimate of drug-likeness (QED) is 0.737. The van der Waals surface area contributed by atoms with Crippen LogP contribution in [0.15, 0.2) is 35.7 Å². The van der Waals surface area contributed by atoms with Gasteiger partial charge in [-0.05, 0) is 30.2 Å². The molecular weight excluding hydrogens is 278 g/mol. The van der Waals surface area contributed by atoms with Crippen molar-refractivity contribution < 1.29 is 18.3 Å². The Kier molecular flexibility index (Phi) is 6.19. The molecule has 0 aliphatic rings. The topological polar surface area (TPSA) is 66.8 Å². The normalized spacial score (nSPS) is 11.6. The number of hydrogen-bond acceptors (Lipinski definition) is 4.